The summed E-state index contributed by atoms with van der Waals surface area (Å²) < 4.78 is 25.3. The minimum atomic E-state index is -2.52. The Labute approximate surface area is 94.8 Å². The first-order chi connectivity index (χ1) is 5.52. The molecule has 0 aliphatic carbocycles. The van der Waals surface area contributed by atoms with Crippen LogP contribution in [0.5, 0.6) is 0 Å². The number of hydrogen-bond acceptors (Lipinski definition) is 1. The highest BCUT2D eigenvalue weighted by Gasteiger charge is 2.15. The molecular formula is C6H2BrClF2IN. The Morgan fingerprint density at radius 2 is 2.17 bits per heavy atom. The van der Waals surface area contributed by atoms with Gasteiger partial charge in [-0.15, -0.1) is 0 Å². The summed E-state index contributed by atoms with van der Waals surface area (Å²) in [5, 5.41) is 0.0672. The Balaban J connectivity index is 3.28. The van der Waals surface area contributed by atoms with Crippen molar-refractivity contribution in [3.8, 4) is 0 Å². The van der Waals surface area contributed by atoms with Crippen molar-refractivity contribution < 1.29 is 8.78 Å². The van der Waals surface area contributed by atoms with Gasteiger partial charge in [-0.1, -0.05) is 11.6 Å². The van der Waals surface area contributed by atoms with Crippen LogP contribution in [0.1, 0.15) is 12.0 Å². The predicted octanol–water partition coefficient (Wildman–Crippen LogP) is 4.04. The van der Waals surface area contributed by atoms with Crippen LogP contribution >= 0.6 is 50.1 Å². The normalized spacial score (nSPS) is 10.8. The lowest BCUT2D eigenvalue weighted by molar-refractivity contribution is 0.150. The molecule has 0 aromatic carbocycles. The maximum Gasteiger partial charge on any atom is 0.265 e. The lowest BCUT2D eigenvalue weighted by atomic mass is 10.3. The minimum absolute atomic E-state index is 0.0672. The van der Waals surface area contributed by atoms with Gasteiger partial charge in [-0.3, -0.25) is 0 Å². The Hall–Kier alpha value is 0.510. The van der Waals surface area contributed by atoms with Crippen molar-refractivity contribution in [1.29, 1.82) is 0 Å². The largest absolute Gasteiger partial charge is 0.265 e. The summed E-state index contributed by atoms with van der Waals surface area (Å²) in [6.07, 6.45) is -2.52. The molecule has 6 heteroatoms. The predicted molar refractivity (Wildman–Crippen MR) is 54.6 cm³/mol. The molecule has 0 spiro atoms. The molecule has 0 aliphatic rings. The second kappa shape index (κ2) is 4.15. The molecule has 0 aliphatic heterocycles. The number of hydrogen-bond donors (Lipinski definition) is 0. The SMILES string of the molecule is FC(F)c1cc(Cl)nc(Br)c1I. The Morgan fingerprint density at radius 3 is 2.67 bits per heavy atom. The molecule has 66 valence electrons. The molecule has 1 rings (SSSR count). The summed E-state index contributed by atoms with van der Waals surface area (Å²) in [7, 11) is 0. The summed E-state index contributed by atoms with van der Waals surface area (Å²) in [5.74, 6) is 0. The Morgan fingerprint density at radius 1 is 1.58 bits per heavy atom. The van der Waals surface area contributed by atoms with E-state index in [1.165, 1.54) is 6.07 Å². The Kier molecular flexibility index (Phi) is 3.66. The van der Waals surface area contributed by atoms with Gasteiger partial charge in [-0.2, -0.15) is 0 Å². The molecule has 1 aromatic rings. The van der Waals surface area contributed by atoms with Gasteiger partial charge in [0.25, 0.3) is 6.43 Å². The highest BCUT2D eigenvalue weighted by atomic mass is 127. The third-order valence-corrected chi connectivity index (χ3v) is 3.79. The zero-order valence-electron chi connectivity index (χ0n) is 5.49. The van der Waals surface area contributed by atoms with Crippen LogP contribution in [0.25, 0.3) is 0 Å². The lowest BCUT2D eigenvalue weighted by Crippen LogP contribution is -1.93. The van der Waals surface area contributed by atoms with Gasteiger partial charge < -0.3 is 0 Å². The maximum atomic E-state index is 12.3. The summed E-state index contributed by atoms with van der Waals surface area (Å²) in [6.45, 7) is 0. The highest BCUT2D eigenvalue weighted by molar-refractivity contribution is 14.1. The van der Waals surface area contributed by atoms with Gasteiger partial charge in [0, 0.05) is 5.56 Å². The van der Waals surface area contributed by atoms with Crippen LogP contribution in [-0.2, 0) is 0 Å². The van der Waals surface area contributed by atoms with Crippen molar-refractivity contribution in [1.82, 2.24) is 4.98 Å². The van der Waals surface area contributed by atoms with Gasteiger partial charge in [0.05, 0.1) is 3.57 Å². The van der Waals surface area contributed by atoms with Crippen molar-refractivity contribution in [2.75, 3.05) is 0 Å². The smallest absolute Gasteiger partial charge is 0.228 e. The molecule has 0 radical (unpaired) electrons. The van der Waals surface area contributed by atoms with Crippen molar-refractivity contribution >= 4 is 50.1 Å². The van der Waals surface area contributed by atoms with Crippen molar-refractivity contribution in [3.63, 3.8) is 0 Å². The molecule has 0 bridgehead atoms. The first-order valence-corrected chi connectivity index (χ1v) is 5.07. The number of rotatable bonds is 1. The first-order valence-electron chi connectivity index (χ1n) is 2.82. The molecule has 12 heavy (non-hydrogen) atoms. The highest BCUT2D eigenvalue weighted by Crippen LogP contribution is 2.30. The van der Waals surface area contributed by atoms with E-state index in [4.69, 9.17) is 11.6 Å². The van der Waals surface area contributed by atoms with E-state index in [0.717, 1.165) is 0 Å². The van der Waals surface area contributed by atoms with Crippen LogP contribution in [0, 0.1) is 3.57 Å². The molecule has 0 N–H and O–H groups in total. The van der Waals surface area contributed by atoms with E-state index in [1.807, 2.05) is 0 Å². The van der Waals surface area contributed by atoms with Crippen LogP contribution in [0.3, 0.4) is 0 Å². The van der Waals surface area contributed by atoms with E-state index in [0.29, 0.717) is 8.17 Å². The molecule has 0 atom stereocenters. The molecule has 0 saturated heterocycles. The van der Waals surface area contributed by atoms with Crippen molar-refractivity contribution in [3.05, 3.63) is 25.0 Å². The van der Waals surface area contributed by atoms with Crippen LogP contribution in [-0.4, -0.2) is 4.98 Å². The number of nitrogens with zero attached hydrogens (tertiary/aromatic N) is 1. The second-order valence-electron chi connectivity index (χ2n) is 1.94. The van der Waals surface area contributed by atoms with E-state index in [-0.39, 0.29) is 10.7 Å². The third-order valence-electron chi connectivity index (χ3n) is 1.15. The number of aromatic nitrogens is 1. The number of pyridine rings is 1. The topological polar surface area (TPSA) is 12.9 Å². The summed E-state index contributed by atoms with van der Waals surface area (Å²) in [6, 6.07) is 1.17. The average molecular weight is 368 g/mol. The summed E-state index contributed by atoms with van der Waals surface area (Å²) in [5.41, 5.74) is -0.0949. The number of alkyl halides is 2. The molecular weight excluding hydrogens is 366 g/mol. The molecule has 0 amide bonds. The quantitative estimate of drug-likeness (QED) is 0.539. The Bertz CT molecular complexity index is 308. The zero-order chi connectivity index (χ0) is 9.30. The molecule has 1 heterocycles. The van der Waals surface area contributed by atoms with Gasteiger partial charge in [-0.05, 0) is 44.6 Å². The monoisotopic (exact) mass is 367 g/mol. The van der Waals surface area contributed by atoms with E-state index in [9.17, 15) is 8.78 Å². The third kappa shape index (κ3) is 2.26. The fourth-order valence-corrected chi connectivity index (χ4v) is 1.88. The van der Waals surface area contributed by atoms with Gasteiger partial charge in [0.2, 0.25) is 0 Å². The number of halogens is 5. The van der Waals surface area contributed by atoms with Gasteiger partial charge >= 0.3 is 0 Å². The van der Waals surface area contributed by atoms with Gasteiger partial charge in [-0.25, -0.2) is 13.8 Å². The standard InChI is InChI=1S/C6H2BrClF2IN/c7-5-4(11)2(6(9)10)1-3(8)12-5/h1,6H. The molecule has 1 aromatic heterocycles. The molecule has 0 unspecified atom stereocenters. The van der Waals surface area contributed by atoms with E-state index >= 15 is 0 Å². The van der Waals surface area contributed by atoms with Crippen LogP contribution in [0.4, 0.5) is 8.78 Å². The summed E-state index contributed by atoms with van der Waals surface area (Å²) >= 11 is 10.3. The first kappa shape index (κ1) is 10.6. The minimum Gasteiger partial charge on any atom is -0.228 e. The molecule has 0 fully saturated rings. The lowest BCUT2D eigenvalue weighted by Gasteiger charge is -2.04. The van der Waals surface area contributed by atoms with E-state index < -0.39 is 6.43 Å². The van der Waals surface area contributed by atoms with Crippen molar-refractivity contribution in [2.45, 2.75) is 6.43 Å². The maximum absolute atomic E-state index is 12.3. The fraction of sp³-hybridized carbons (Fsp3) is 0.167. The van der Waals surface area contributed by atoms with Crippen LogP contribution < -0.4 is 0 Å². The molecule has 0 saturated carbocycles. The van der Waals surface area contributed by atoms with E-state index in [2.05, 4.69) is 20.9 Å². The van der Waals surface area contributed by atoms with Gasteiger partial charge in [0.1, 0.15) is 9.76 Å². The zero-order valence-corrected chi connectivity index (χ0v) is 9.99. The second-order valence-corrected chi connectivity index (χ2v) is 4.16. The molecule has 1 nitrogen and oxygen atoms in total. The van der Waals surface area contributed by atoms with Gasteiger partial charge in [0.15, 0.2) is 0 Å². The summed E-state index contributed by atoms with van der Waals surface area (Å²) in [4.78, 5) is 3.76. The van der Waals surface area contributed by atoms with Crippen molar-refractivity contribution in [2.24, 2.45) is 0 Å². The van der Waals surface area contributed by atoms with Crippen LogP contribution in [0.15, 0.2) is 10.7 Å². The van der Waals surface area contributed by atoms with Crippen LogP contribution in [0.2, 0.25) is 5.15 Å². The average Bonchev–Trinajstić information content (AvgIpc) is 1.96. The fourth-order valence-electron chi connectivity index (χ4n) is 0.645. The van der Waals surface area contributed by atoms with E-state index in [1.54, 1.807) is 22.6 Å².